The number of thiophene rings is 1. The molecule has 0 saturated heterocycles. The summed E-state index contributed by atoms with van der Waals surface area (Å²) in [5.74, 6) is 0. The number of hydrogen-bond donors (Lipinski definition) is 0. The number of para-hydroxylation sites is 2. The third kappa shape index (κ3) is 3.68. The highest BCUT2D eigenvalue weighted by Gasteiger charge is 2.47. The Kier molecular flexibility index (Phi) is 5.50. The first-order valence-electron chi connectivity index (χ1n) is 15.7. The Morgan fingerprint density at radius 1 is 0.511 bits per heavy atom. The van der Waals surface area contributed by atoms with Gasteiger partial charge in [0.2, 0.25) is 0 Å². The van der Waals surface area contributed by atoms with Crippen LogP contribution in [0.2, 0.25) is 0 Å². The van der Waals surface area contributed by atoms with E-state index in [0.29, 0.717) is 0 Å². The SMILES string of the molecule is CC1(C)c2cc(N(c3ccccc3)c3ccc4c(c3)oc3ccccc34)ccc2-c2ccc3sc4ccccc4c3c2C1(C)C. The number of benzene rings is 6. The molecule has 1 aliphatic carbocycles. The van der Waals surface area contributed by atoms with Gasteiger partial charge >= 0.3 is 0 Å². The highest BCUT2D eigenvalue weighted by atomic mass is 32.1. The molecule has 0 amide bonds. The van der Waals surface area contributed by atoms with Crippen LogP contribution in [-0.4, -0.2) is 0 Å². The van der Waals surface area contributed by atoms with Crippen LogP contribution in [-0.2, 0) is 10.8 Å². The van der Waals surface area contributed by atoms with E-state index in [1.54, 1.807) is 0 Å². The van der Waals surface area contributed by atoms with Gasteiger partial charge in [0.1, 0.15) is 11.2 Å². The summed E-state index contributed by atoms with van der Waals surface area (Å²) in [6.45, 7) is 9.74. The van der Waals surface area contributed by atoms with Gasteiger partial charge in [-0.25, -0.2) is 0 Å². The van der Waals surface area contributed by atoms with Gasteiger partial charge in [-0.3, -0.25) is 0 Å². The summed E-state index contributed by atoms with van der Waals surface area (Å²) >= 11 is 1.91. The van der Waals surface area contributed by atoms with E-state index in [9.17, 15) is 0 Å². The minimum atomic E-state index is -0.131. The normalized spacial score (nSPS) is 15.0. The Balaban J connectivity index is 1.28. The molecular weight excluding hydrogens is 567 g/mol. The molecule has 9 rings (SSSR count). The van der Waals surface area contributed by atoms with Crippen molar-refractivity contribution in [1.82, 2.24) is 0 Å². The van der Waals surface area contributed by atoms with Crippen molar-refractivity contribution in [3.05, 3.63) is 139 Å². The van der Waals surface area contributed by atoms with E-state index in [1.807, 2.05) is 23.5 Å². The second-order valence-corrected chi connectivity index (χ2v) is 14.5. The molecule has 8 aromatic rings. The predicted octanol–water partition coefficient (Wildman–Crippen LogP) is 12.7. The minimum absolute atomic E-state index is 0.109. The smallest absolute Gasteiger partial charge is 0.137 e. The van der Waals surface area contributed by atoms with Gasteiger partial charge < -0.3 is 9.32 Å². The third-order valence-corrected chi connectivity index (χ3v) is 11.7. The zero-order valence-electron chi connectivity index (χ0n) is 25.9. The zero-order valence-corrected chi connectivity index (χ0v) is 26.7. The topological polar surface area (TPSA) is 16.4 Å². The first kappa shape index (κ1) is 26.5. The van der Waals surface area contributed by atoms with Gasteiger partial charge in [0.25, 0.3) is 0 Å². The fourth-order valence-corrected chi connectivity index (χ4v) is 8.75. The van der Waals surface area contributed by atoms with Crippen molar-refractivity contribution in [2.75, 3.05) is 4.90 Å². The summed E-state index contributed by atoms with van der Waals surface area (Å²) in [5, 5.41) is 5.08. The lowest BCUT2D eigenvalue weighted by Crippen LogP contribution is -2.43. The molecule has 0 saturated carbocycles. The maximum Gasteiger partial charge on any atom is 0.137 e. The average Bonchev–Trinajstić information content (AvgIpc) is 3.62. The van der Waals surface area contributed by atoms with Gasteiger partial charge in [-0.15, -0.1) is 11.3 Å². The molecule has 0 radical (unpaired) electrons. The summed E-state index contributed by atoms with van der Waals surface area (Å²) in [7, 11) is 0. The van der Waals surface area contributed by atoms with E-state index in [4.69, 9.17) is 4.42 Å². The summed E-state index contributed by atoms with van der Waals surface area (Å²) in [6, 6.07) is 46.2. The Morgan fingerprint density at radius 3 is 2.02 bits per heavy atom. The molecule has 1 aliphatic rings. The molecule has 0 unspecified atom stereocenters. The molecule has 2 aromatic heterocycles. The lowest BCUT2D eigenvalue weighted by Gasteiger charge is -2.49. The molecule has 0 aliphatic heterocycles. The van der Waals surface area contributed by atoms with Crippen LogP contribution in [0.4, 0.5) is 17.1 Å². The third-order valence-electron chi connectivity index (χ3n) is 10.6. The maximum absolute atomic E-state index is 6.34. The van der Waals surface area contributed by atoms with E-state index in [-0.39, 0.29) is 10.8 Å². The van der Waals surface area contributed by atoms with Crippen LogP contribution in [0.3, 0.4) is 0 Å². The Bertz CT molecular complexity index is 2440. The Morgan fingerprint density at radius 2 is 1.18 bits per heavy atom. The largest absolute Gasteiger partial charge is 0.456 e. The molecule has 0 atom stereocenters. The van der Waals surface area contributed by atoms with E-state index in [2.05, 4.69) is 148 Å². The predicted molar refractivity (Wildman–Crippen MR) is 193 cm³/mol. The van der Waals surface area contributed by atoms with E-state index in [0.717, 1.165) is 39.0 Å². The Labute approximate surface area is 267 Å². The molecule has 0 bridgehead atoms. The second kappa shape index (κ2) is 9.32. The van der Waals surface area contributed by atoms with Crippen LogP contribution in [0.15, 0.2) is 132 Å². The molecule has 45 heavy (non-hydrogen) atoms. The van der Waals surface area contributed by atoms with Crippen LogP contribution >= 0.6 is 11.3 Å². The molecule has 2 heterocycles. The summed E-state index contributed by atoms with van der Waals surface area (Å²) in [6.07, 6.45) is 0. The van der Waals surface area contributed by atoms with Crippen LogP contribution in [0.1, 0.15) is 38.8 Å². The fraction of sp³-hybridized carbons (Fsp3) is 0.143. The first-order valence-corrected chi connectivity index (χ1v) is 16.5. The van der Waals surface area contributed by atoms with Gasteiger partial charge in [0.15, 0.2) is 0 Å². The van der Waals surface area contributed by atoms with Crippen LogP contribution in [0, 0.1) is 0 Å². The van der Waals surface area contributed by atoms with Crippen molar-refractivity contribution in [2.45, 2.75) is 38.5 Å². The van der Waals surface area contributed by atoms with Gasteiger partial charge in [-0.05, 0) is 82.3 Å². The van der Waals surface area contributed by atoms with E-state index in [1.165, 1.54) is 42.4 Å². The van der Waals surface area contributed by atoms with Crippen LogP contribution in [0.25, 0.3) is 53.2 Å². The van der Waals surface area contributed by atoms with Gasteiger partial charge in [-0.2, -0.15) is 0 Å². The summed E-state index contributed by atoms with van der Waals surface area (Å²) in [5.41, 5.74) is 10.4. The highest BCUT2D eigenvalue weighted by molar-refractivity contribution is 7.25. The molecule has 2 nitrogen and oxygen atoms in total. The lowest BCUT2D eigenvalue weighted by atomic mass is 9.55. The molecule has 6 aromatic carbocycles. The number of anilines is 3. The van der Waals surface area contributed by atoms with Crippen molar-refractivity contribution >= 4 is 70.5 Å². The van der Waals surface area contributed by atoms with E-state index < -0.39 is 0 Å². The number of fused-ring (bicyclic) bond motifs is 10. The molecular formula is C42H33NOS. The number of nitrogens with zero attached hydrogens (tertiary/aromatic N) is 1. The zero-order chi connectivity index (χ0) is 30.5. The fourth-order valence-electron chi connectivity index (χ4n) is 7.64. The summed E-state index contributed by atoms with van der Waals surface area (Å²) < 4.78 is 9.07. The molecule has 0 N–H and O–H groups in total. The second-order valence-electron chi connectivity index (χ2n) is 13.4. The Hall–Kier alpha value is -4.86. The number of rotatable bonds is 3. The molecule has 3 heteroatoms. The van der Waals surface area contributed by atoms with Crippen molar-refractivity contribution in [2.24, 2.45) is 0 Å². The van der Waals surface area contributed by atoms with Gasteiger partial charge in [0, 0.05) is 59.5 Å². The lowest BCUT2D eigenvalue weighted by molar-refractivity contribution is 0.301. The molecule has 0 fully saturated rings. The van der Waals surface area contributed by atoms with Crippen molar-refractivity contribution in [3.8, 4) is 11.1 Å². The van der Waals surface area contributed by atoms with Gasteiger partial charge in [-0.1, -0.05) is 94.4 Å². The quantitative estimate of drug-likeness (QED) is 0.201. The van der Waals surface area contributed by atoms with Crippen molar-refractivity contribution in [3.63, 3.8) is 0 Å². The minimum Gasteiger partial charge on any atom is -0.456 e. The molecule has 0 spiro atoms. The molecule has 218 valence electrons. The average molecular weight is 600 g/mol. The van der Waals surface area contributed by atoms with Crippen molar-refractivity contribution < 1.29 is 4.42 Å². The maximum atomic E-state index is 6.34. The monoisotopic (exact) mass is 599 g/mol. The first-order chi connectivity index (χ1) is 21.8. The standard InChI is InChI=1S/C42H33NOS/c1-41(2)34-24-27(18-20-29(34)32-22-23-38-39(40(32)42(41,3)4)33-15-9-11-17-37(33)45-38)43(26-12-6-5-7-13-26)28-19-21-31-30-14-8-10-16-35(30)44-36(31)25-28/h5-25H,1-4H3. The summed E-state index contributed by atoms with van der Waals surface area (Å²) in [4.78, 5) is 2.36. The van der Waals surface area contributed by atoms with E-state index >= 15 is 0 Å². The van der Waals surface area contributed by atoms with Crippen molar-refractivity contribution in [1.29, 1.82) is 0 Å². The van der Waals surface area contributed by atoms with Crippen LogP contribution < -0.4 is 4.90 Å². The highest BCUT2D eigenvalue weighted by Crippen LogP contribution is 2.58. The number of furan rings is 1. The van der Waals surface area contributed by atoms with Gasteiger partial charge in [0.05, 0.1) is 0 Å². The van der Waals surface area contributed by atoms with Crippen LogP contribution in [0.5, 0.6) is 0 Å². The number of hydrogen-bond acceptors (Lipinski definition) is 3.